The molecule has 0 spiro atoms. The molecule has 0 heterocycles. The fraction of sp³-hybridized carbons (Fsp3) is 0.647. The molecule has 0 atom stereocenters. The second-order valence-corrected chi connectivity index (χ2v) is 8.54. The first-order valence-electron chi connectivity index (χ1n) is 7.23. The summed E-state index contributed by atoms with van der Waals surface area (Å²) in [4.78, 5) is 0. The third-order valence-corrected chi connectivity index (χ3v) is 4.54. The minimum Gasteiger partial charge on any atom is -0.325 e. The van der Waals surface area contributed by atoms with Crippen LogP contribution in [0.1, 0.15) is 52.5 Å². The number of rotatable bonds is 2. The molecule has 3 heteroatoms. The van der Waals surface area contributed by atoms with E-state index in [1.807, 2.05) is 0 Å². The Morgan fingerprint density at radius 2 is 1.65 bits per heavy atom. The minimum atomic E-state index is -0.317. The molecule has 20 heavy (non-hydrogen) atoms. The molecule has 1 aromatic carbocycles. The first-order chi connectivity index (χ1) is 9.00. The van der Waals surface area contributed by atoms with Crippen molar-refractivity contribution in [2.45, 2.75) is 58.9 Å². The molecule has 0 saturated heterocycles. The molecule has 112 valence electrons. The molecule has 1 saturated carbocycles. The standard InChI is InChI=1S/C17H25ClFN/c1-15(2)9-16(3,4)11-17(20,10-15)8-12-7-13(19)5-6-14(12)18/h5-7H,8-11,20H2,1-4H3. The van der Waals surface area contributed by atoms with E-state index in [0.717, 1.165) is 24.8 Å². The van der Waals surface area contributed by atoms with Crippen LogP contribution in [0.4, 0.5) is 4.39 Å². The zero-order chi connectivity index (χ0) is 15.2. The van der Waals surface area contributed by atoms with E-state index in [-0.39, 0.29) is 22.2 Å². The largest absolute Gasteiger partial charge is 0.325 e. The van der Waals surface area contributed by atoms with E-state index in [1.165, 1.54) is 12.1 Å². The summed E-state index contributed by atoms with van der Waals surface area (Å²) in [5.74, 6) is -0.248. The predicted molar refractivity (Wildman–Crippen MR) is 83.4 cm³/mol. The van der Waals surface area contributed by atoms with Gasteiger partial charge in [0.05, 0.1) is 0 Å². The Bertz CT molecular complexity index is 492. The summed E-state index contributed by atoms with van der Waals surface area (Å²) < 4.78 is 13.4. The van der Waals surface area contributed by atoms with Gasteiger partial charge in [-0.3, -0.25) is 0 Å². The normalized spacial score (nSPS) is 23.6. The van der Waals surface area contributed by atoms with Crippen LogP contribution in [0.25, 0.3) is 0 Å². The van der Waals surface area contributed by atoms with Gasteiger partial charge < -0.3 is 5.73 Å². The molecular formula is C17H25ClFN. The summed E-state index contributed by atoms with van der Waals surface area (Å²) in [5.41, 5.74) is 7.59. The molecular weight excluding hydrogens is 273 g/mol. The lowest BCUT2D eigenvalue weighted by Crippen LogP contribution is -2.53. The van der Waals surface area contributed by atoms with Gasteiger partial charge >= 0.3 is 0 Å². The van der Waals surface area contributed by atoms with Crippen molar-refractivity contribution in [1.29, 1.82) is 0 Å². The van der Waals surface area contributed by atoms with Gasteiger partial charge in [-0.25, -0.2) is 4.39 Å². The van der Waals surface area contributed by atoms with Crippen LogP contribution in [0, 0.1) is 16.6 Å². The SMILES string of the molecule is CC1(C)CC(C)(C)CC(N)(Cc2cc(F)ccc2Cl)C1. The molecule has 0 radical (unpaired) electrons. The summed E-state index contributed by atoms with van der Waals surface area (Å²) in [7, 11) is 0. The summed E-state index contributed by atoms with van der Waals surface area (Å²) in [6, 6.07) is 4.53. The molecule has 1 fully saturated rings. The quantitative estimate of drug-likeness (QED) is 0.820. The number of hydrogen-bond acceptors (Lipinski definition) is 1. The zero-order valence-corrected chi connectivity index (χ0v) is 13.6. The molecule has 0 aromatic heterocycles. The minimum absolute atomic E-state index is 0.205. The molecule has 2 N–H and O–H groups in total. The van der Waals surface area contributed by atoms with Crippen LogP contribution in [0.15, 0.2) is 18.2 Å². The lowest BCUT2D eigenvalue weighted by molar-refractivity contribution is 0.0487. The van der Waals surface area contributed by atoms with Crippen molar-refractivity contribution in [2.24, 2.45) is 16.6 Å². The Hall–Kier alpha value is -0.600. The van der Waals surface area contributed by atoms with Gasteiger partial charge in [-0.05, 0) is 60.3 Å². The van der Waals surface area contributed by atoms with Crippen LogP contribution >= 0.6 is 11.6 Å². The van der Waals surface area contributed by atoms with E-state index in [0.29, 0.717) is 11.4 Å². The van der Waals surface area contributed by atoms with Crippen molar-refractivity contribution < 1.29 is 4.39 Å². The van der Waals surface area contributed by atoms with Crippen molar-refractivity contribution >= 4 is 11.6 Å². The fourth-order valence-corrected chi connectivity index (χ4v) is 4.76. The Balaban J connectivity index is 2.28. The second kappa shape index (κ2) is 4.99. The predicted octanol–water partition coefficient (Wildman–Crippen LogP) is 4.96. The maximum absolute atomic E-state index is 13.4. The van der Waals surface area contributed by atoms with Crippen LogP contribution in [0.2, 0.25) is 5.02 Å². The highest BCUT2D eigenvalue weighted by Gasteiger charge is 2.45. The Morgan fingerprint density at radius 1 is 1.10 bits per heavy atom. The van der Waals surface area contributed by atoms with Crippen molar-refractivity contribution in [3.63, 3.8) is 0 Å². The van der Waals surface area contributed by atoms with E-state index < -0.39 is 0 Å². The smallest absolute Gasteiger partial charge is 0.123 e. The number of benzene rings is 1. The molecule has 0 aliphatic heterocycles. The highest BCUT2D eigenvalue weighted by Crippen LogP contribution is 2.50. The number of halogens is 2. The zero-order valence-electron chi connectivity index (χ0n) is 12.9. The fourth-order valence-electron chi connectivity index (χ4n) is 4.57. The second-order valence-electron chi connectivity index (χ2n) is 8.13. The summed E-state index contributed by atoms with van der Waals surface area (Å²) >= 11 is 6.20. The van der Waals surface area contributed by atoms with Crippen LogP contribution in [0.3, 0.4) is 0 Å². The summed E-state index contributed by atoms with van der Waals surface area (Å²) in [5, 5.41) is 0.609. The van der Waals surface area contributed by atoms with E-state index in [1.54, 1.807) is 6.07 Å². The highest BCUT2D eigenvalue weighted by molar-refractivity contribution is 6.31. The van der Waals surface area contributed by atoms with Crippen LogP contribution in [-0.4, -0.2) is 5.54 Å². The molecule has 1 aliphatic carbocycles. The Kier molecular flexibility index (Phi) is 3.94. The van der Waals surface area contributed by atoms with Crippen molar-refractivity contribution in [3.8, 4) is 0 Å². The molecule has 1 aromatic rings. The molecule has 1 nitrogen and oxygen atoms in total. The molecule has 2 rings (SSSR count). The Morgan fingerprint density at radius 3 is 2.20 bits per heavy atom. The highest BCUT2D eigenvalue weighted by atomic mass is 35.5. The van der Waals surface area contributed by atoms with Crippen molar-refractivity contribution in [1.82, 2.24) is 0 Å². The lowest BCUT2D eigenvalue weighted by Gasteiger charge is -2.50. The monoisotopic (exact) mass is 297 g/mol. The van der Waals surface area contributed by atoms with Gasteiger partial charge in [0.1, 0.15) is 5.82 Å². The first-order valence-corrected chi connectivity index (χ1v) is 7.61. The van der Waals surface area contributed by atoms with Gasteiger partial charge in [0.15, 0.2) is 0 Å². The average molecular weight is 298 g/mol. The molecule has 0 unspecified atom stereocenters. The molecule has 1 aliphatic rings. The van der Waals surface area contributed by atoms with Gasteiger partial charge in [-0.15, -0.1) is 0 Å². The van der Waals surface area contributed by atoms with Crippen LogP contribution in [0.5, 0.6) is 0 Å². The maximum Gasteiger partial charge on any atom is 0.123 e. The lowest BCUT2D eigenvalue weighted by atomic mass is 9.57. The van der Waals surface area contributed by atoms with Crippen LogP contribution < -0.4 is 5.73 Å². The summed E-state index contributed by atoms with van der Waals surface area (Å²) in [6.07, 6.45) is 3.68. The maximum atomic E-state index is 13.4. The van der Waals surface area contributed by atoms with E-state index in [2.05, 4.69) is 27.7 Å². The topological polar surface area (TPSA) is 26.0 Å². The Labute approximate surface area is 126 Å². The number of nitrogens with two attached hydrogens (primary N) is 1. The van der Waals surface area contributed by atoms with Gasteiger partial charge in [0.25, 0.3) is 0 Å². The van der Waals surface area contributed by atoms with E-state index in [4.69, 9.17) is 17.3 Å². The third-order valence-electron chi connectivity index (χ3n) is 4.17. The van der Waals surface area contributed by atoms with E-state index >= 15 is 0 Å². The first kappa shape index (κ1) is 15.8. The molecule has 0 amide bonds. The molecule has 0 bridgehead atoms. The third kappa shape index (κ3) is 3.73. The van der Waals surface area contributed by atoms with Gasteiger partial charge in [-0.2, -0.15) is 0 Å². The van der Waals surface area contributed by atoms with E-state index in [9.17, 15) is 4.39 Å². The van der Waals surface area contributed by atoms with Crippen molar-refractivity contribution in [3.05, 3.63) is 34.6 Å². The average Bonchev–Trinajstić information content (AvgIpc) is 2.17. The summed E-state index contributed by atoms with van der Waals surface area (Å²) in [6.45, 7) is 9.07. The van der Waals surface area contributed by atoms with Gasteiger partial charge in [0.2, 0.25) is 0 Å². The van der Waals surface area contributed by atoms with Crippen LogP contribution in [-0.2, 0) is 6.42 Å². The van der Waals surface area contributed by atoms with Gasteiger partial charge in [0, 0.05) is 10.6 Å². The number of hydrogen-bond donors (Lipinski definition) is 1. The van der Waals surface area contributed by atoms with Crippen molar-refractivity contribution in [2.75, 3.05) is 0 Å². The van der Waals surface area contributed by atoms with Gasteiger partial charge in [-0.1, -0.05) is 39.3 Å².